The van der Waals surface area contributed by atoms with Crippen molar-refractivity contribution in [3.63, 3.8) is 0 Å². The van der Waals surface area contributed by atoms with Crippen molar-refractivity contribution in [2.75, 3.05) is 0 Å². The normalized spacial score (nSPS) is 53.6. The van der Waals surface area contributed by atoms with Gasteiger partial charge in [-0.1, -0.05) is 41.4 Å². The summed E-state index contributed by atoms with van der Waals surface area (Å²) in [5.74, 6) is 2.29. The summed E-state index contributed by atoms with van der Waals surface area (Å²) >= 11 is 3.90. The summed E-state index contributed by atoms with van der Waals surface area (Å²) < 4.78 is 13.6. The molecular formula is C21H30BrFO. The predicted octanol–water partition coefficient (Wildman–Crippen LogP) is 6.01. The van der Waals surface area contributed by atoms with Gasteiger partial charge in [0.05, 0.1) is 4.32 Å². The van der Waals surface area contributed by atoms with Crippen molar-refractivity contribution >= 4 is 21.7 Å². The van der Waals surface area contributed by atoms with E-state index >= 15 is 0 Å². The van der Waals surface area contributed by atoms with Crippen LogP contribution in [0.3, 0.4) is 0 Å². The Morgan fingerprint density at radius 2 is 1.88 bits per heavy atom. The third-order valence-electron chi connectivity index (χ3n) is 8.70. The van der Waals surface area contributed by atoms with E-state index < -0.39 is 6.17 Å². The van der Waals surface area contributed by atoms with Crippen molar-refractivity contribution in [1.29, 1.82) is 0 Å². The van der Waals surface area contributed by atoms with Gasteiger partial charge in [0.25, 0.3) is 0 Å². The monoisotopic (exact) mass is 396 g/mol. The molecule has 0 radical (unpaired) electrons. The number of carbonyl (C=O) groups excluding carboxylic acids is 1. The lowest BCUT2D eigenvalue weighted by Crippen LogP contribution is -2.54. The van der Waals surface area contributed by atoms with Crippen LogP contribution in [-0.2, 0) is 4.79 Å². The summed E-state index contributed by atoms with van der Waals surface area (Å²) in [7, 11) is 0. The minimum Gasteiger partial charge on any atom is -0.298 e. The first-order valence-electron chi connectivity index (χ1n) is 9.76. The highest BCUT2D eigenvalue weighted by atomic mass is 79.9. The van der Waals surface area contributed by atoms with E-state index in [4.69, 9.17) is 0 Å². The number of ketones is 1. The molecule has 0 aromatic rings. The Morgan fingerprint density at radius 1 is 1.17 bits per heavy atom. The van der Waals surface area contributed by atoms with Crippen LogP contribution >= 0.6 is 15.9 Å². The van der Waals surface area contributed by atoms with Crippen LogP contribution in [0.5, 0.6) is 0 Å². The van der Waals surface area contributed by atoms with Crippen LogP contribution in [0.1, 0.15) is 72.1 Å². The summed E-state index contributed by atoms with van der Waals surface area (Å²) in [6.07, 6.45) is 9.73. The molecule has 0 amide bonds. The Bertz CT molecular complexity index is 601. The van der Waals surface area contributed by atoms with E-state index in [0.717, 1.165) is 38.5 Å². The summed E-state index contributed by atoms with van der Waals surface area (Å²) in [5, 5.41) is 0. The molecule has 0 aliphatic heterocycles. The van der Waals surface area contributed by atoms with Crippen molar-refractivity contribution < 1.29 is 9.18 Å². The molecule has 7 atom stereocenters. The van der Waals surface area contributed by atoms with Gasteiger partial charge in [-0.25, -0.2) is 4.39 Å². The van der Waals surface area contributed by atoms with Crippen LogP contribution in [-0.4, -0.2) is 16.3 Å². The maximum atomic E-state index is 13.9. The van der Waals surface area contributed by atoms with E-state index in [1.807, 2.05) is 0 Å². The fourth-order valence-corrected chi connectivity index (χ4v) is 7.90. The van der Waals surface area contributed by atoms with Crippen LogP contribution < -0.4 is 0 Å². The molecule has 3 heteroatoms. The van der Waals surface area contributed by atoms with Crippen molar-refractivity contribution in [3.8, 4) is 0 Å². The van der Waals surface area contributed by atoms with Crippen LogP contribution in [0.25, 0.3) is 0 Å². The van der Waals surface area contributed by atoms with Gasteiger partial charge in [-0.2, -0.15) is 0 Å². The number of carbonyl (C=O) groups is 1. The van der Waals surface area contributed by atoms with Crippen LogP contribution in [0.2, 0.25) is 0 Å². The molecule has 0 heterocycles. The molecule has 24 heavy (non-hydrogen) atoms. The van der Waals surface area contributed by atoms with E-state index in [9.17, 15) is 9.18 Å². The fraction of sp³-hybridized carbons (Fsp3) is 0.857. The van der Waals surface area contributed by atoms with Crippen molar-refractivity contribution in [3.05, 3.63) is 11.6 Å². The summed E-state index contributed by atoms with van der Waals surface area (Å²) in [4.78, 5) is 12.4. The number of allylic oxidation sites excluding steroid dienone is 2. The van der Waals surface area contributed by atoms with Crippen molar-refractivity contribution in [2.45, 2.75) is 82.6 Å². The Morgan fingerprint density at radius 3 is 2.58 bits per heavy atom. The van der Waals surface area contributed by atoms with Gasteiger partial charge < -0.3 is 0 Å². The minimum absolute atomic E-state index is 0.0823. The zero-order valence-electron chi connectivity index (χ0n) is 15.2. The third-order valence-corrected chi connectivity index (χ3v) is 10.6. The molecule has 0 bridgehead atoms. The quantitative estimate of drug-likeness (QED) is 0.391. The highest BCUT2D eigenvalue weighted by Crippen LogP contribution is 2.69. The highest BCUT2D eigenvalue weighted by molar-refractivity contribution is 9.10. The first-order valence-corrected chi connectivity index (χ1v) is 10.6. The van der Waals surface area contributed by atoms with E-state index in [0.29, 0.717) is 30.0 Å². The lowest BCUT2D eigenvalue weighted by molar-refractivity contribution is -0.124. The average Bonchev–Trinajstić information content (AvgIpc) is 2.81. The smallest absolute Gasteiger partial charge is 0.147 e. The number of fused-ring (bicyclic) bond motifs is 5. The topological polar surface area (TPSA) is 17.1 Å². The molecule has 3 fully saturated rings. The van der Waals surface area contributed by atoms with Gasteiger partial charge in [0.15, 0.2) is 0 Å². The SMILES string of the molecule is CC(=O)C1(Br)CCC2C3CC=C4C[C@@H](F)CC[C@]4(C)C3CC[C@@]21C. The lowest BCUT2D eigenvalue weighted by Gasteiger charge is -2.58. The maximum Gasteiger partial charge on any atom is 0.147 e. The van der Waals surface area contributed by atoms with Crippen LogP contribution in [0.4, 0.5) is 4.39 Å². The maximum absolute atomic E-state index is 13.9. The zero-order valence-corrected chi connectivity index (χ0v) is 16.8. The second-order valence-corrected chi connectivity index (χ2v) is 10.8. The first-order chi connectivity index (χ1) is 11.2. The summed E-state index contributed by atoms with van der Waals surface area (Å²) in [6, 6.07) is 0. The number of halogens is 2. The zero-order chi connectivity index (χ0) is 17.3. The van der Waals surface area contributed by atoms with Gasteiger partial charge in [0.1, 0.15) is 12.0 Å². The lowest BCUT2D eigenvalue weighted by atomic mass is 9.47. The number of hydrogen-bond donors (Lipinski definition) is 0. The number of hydrogen-bond acceptors (Lipinski definition) is 1. The number of Topliss-reactive ketones (excluding diaryl/α,β-unsaturated/α-hetero) is 1. The van der Waals surface area contributed by atoms with E-state index in [2.05, 4.69) is 35.9 Å². The van der Waals surface area contributed by atoms with Crippen LogP contribution in [0, 0.1) is 28.6 Å². The minimum atomic E-state index is -0.630. The Kier molecular flexibility index (Phi) is 3.89. The van der Waals surface area contributed by atoms with Gasteiger partial charge >= 0.3 is 0 Å². The van der Waals surface area contributed by atoms with Gasteiger partial charge in [-0.05, 0) is 80.5 Å². The Hall–Kier alpha value is -0.180. The summed E-state index contributed by atoms with van der Waals surface area (Å²) in [5.41, 5.74) is 1.69. The van der Waals surface area contributed by atoms with Gasteiger partial charge in [0, 0.05) is 6.42 Å². The third kappa shape index (κ3) is 2.06. The molecule has 1 nitrogen and oxygen atoms in total. The molecule has 0 aromatic carbocycles. The van der Waals surface area contributed by atoms with Crippen molar-refractivity contribution in [2.24, 2.45) is 28.6 Å². The molecular weight excluding hydrogens is 367 g/mol. The molecule has 0 N–H and O–H groups in total. The number of rotatable bonds is 1. The van der Waals surface area contributed by atoms with Gasteiger partial charge in [-0.15, -0.1) is 0 Å². The molecule has 4 rings (SSSR count). The fourth-order valence-electron chi connectivity index (χ4n) is 7.18. The van der Waals surface area contributed by atoms with Crippen LogP contribution in [0.15, 0.2) is 11.6 Å². The standard InChI is InChI=1S/C21H30BrFO/c1-13(24)21(22)11-8-18-16-5-4-14-12-15(23)6-9-19(14,2)17(16)7-10-20(18,21)3/h4,15-18H,5-12H2,1-3H3/t15-,16?,17?,18?,19-,20-,21?/m0/s1. The predicted molar refractivity (Wildman–Crippen MR) is 98.9 cm³/mol. The Labute approximate surface area is 154 Å². The Balaban J connectivity index is 1.69. The highest BCUT2D eigenvalue weighted by Gasteiger charge is 2.64. The molecule has 4 aliphatic carbocycles. The average molecular weight is 397 g/mol. The molecule has 134 valence electrons. The second kappa shape index (κ2) is 5.41. The van der Waals surface area contributed by atoms with Gasteiger partial charge in [-0.3, -0.25) is 4.79 Å². The van der Waals surface area contributed by atoms with Crippen molar-refractivity contribution in [1.82, 2.24) is 0 Å². The van der Waals surface area contributed by atoms with E-state index in [-0.39, 0.29) is 15.2 Å². The number of alkyl halides is 2. The van der Waals surface area contributed by atoms with E-state index in [1.165, 1.54) is 12.0 Å². The molecule has 4 unspecified atom stereocenters. The first kappa shape index (κ1) is 17.2. The second-order valence-electron chi connectivity index (χ2n) is 9.45. The summed E-state index contributed by atoms with van der Waals surface area (Å²) in [6.45, 7) is 6.53. The molecule has 4 aliphatic rings. The molecule has 0 spiro atoms. The van der Waals surface area contributed by atoms with Gasteiger partial charge in [0.2, 0.25) is 0 Å². The molecule has 0 aromatic heterocycles. The molecule has 3 saturated carbocycles. The molecule has 0 saturated heterocycles. The largest absolute Gasteiger partial charge is 0.298 e. The van der Waals surface area contributed by atoms with E-state index in [1.54, 1.807) is 6.92 Å².